The fraction of sp³-hybridized carbons (Fsp3) is 0.462. The molecule has 0 saturated heterocycles. The lowest BCUT2D eigenvalue weighted by molar-refractivity contribution is -0.121. The molecule has 0 atom stereocenters. The highest BCUT2D eigenvalue weighted by molar-refractivity contribution is 7.89. The summed E-state index contributed by atoms with van der Waals surface area (Å²) in [6, 6.07) is 4.57. The molecule has 7 nitrogen and oxygen atoms in total. The van der Waals surface area contributed by atoms with Gasteiger partial charge in [0.25, 0.3) is 0 Å². The first-order chi connectivity index (χ1) is 9.92. The van der Waals surface area contributed by atoms with Crippen molar-refractivity contribution in [2.75, 3.05) is 19.4 Å². The van der Waals surface area contributed by atoms with Crippen molar-refractivity contribution in [3.05, 3.63) is 18.2 Å². The first-order valence-electron chi connectivity index (χ1n) is 6.65. The molecule has 0 unspecified atom stereocenters. The predicted octanol–water partition coefficient (Wildman–Crippen LogP) is 0.224. The van der Waals surface area contributed by atoms with Crippen LogP contribution in [0.2, 0.25) is 0 Å². The molecule has 1 aromatic rings. The van der Waals surface area contributed by atoms with E-state index in [1.807, 2.05) is 0 Å². The number of carbonyl (C=O) groups is 1. The van der Waals surface area contributed by atoms with Gasteiger partial charge in [-0.1, -0.05) is 0 Å². The number of anilines is 1. The maximum atomic E-state index is 12.2. The van der Waals surface area contributed by atoms with Gasteiger partial charge in [0, 0.05) is 30.8 Å². The van der Waals surface area contributed by atoms with Gasteiger partial charge in [-0.3, -0.25) is 4.79 Å². The molecule has 1 fully saturated rings. The molecule has 0 aliphatic heterocycles. The van der Waals surface area contributed by atoms with Crippen molar-refractivity contribution >= 4 is 21.6 Å². The standard InChI is InChI=1S/C13H19N3O4S/c1-20-11-8-9(14)2-5-12(11)21(18,19)15-7-6-13(17)16-10-3-4-10/h2,5,8,10,15H,3-4,6-7,14H2,1H3,(H,16,17). The van der Waals surface area contributed by atoms with Gasteiger partial charge in [0.1, 0.15) is 10.6 Å². The summed E-state index contributed by atoms with van der Waals surface area (Å²) in [5.41, 5.74) is 6.00. The predicted molar refractivity (Wildman–Crippen MR) is 78.4 cm³/mol. The second-order valence-corrected chi connectivity index (χ2v) is 6.64. The Balaban J connectivity index is 1.96. The van der Waals surface area contributed by atoms with E-state index < -0.39 is 10.0 Å². The molecule has 2 rings (SSSR count). The van der Waals surface area contributed by atoms with Crippen molar-refractivity contribution in [3.63, 3.8) is 0 Å². The second kappa shape index (κ2) is 6.31. The van der Waals surface area contributed by atoms with E-state index in [9.17, 15) is 13.2 Å². The van der Waals surface area contributed by atoms with E-state index in [-0.39, 0.29) is 35.6 Å². The molecule has 1 saturated carbocycles. The van der Waals surface area contributed by atoms with Crippen molar-refractivity contribution in [1.29, 1.82) is 0 Å². The molecule has 1 aliphatic rings. The third-order valence-corrected chi connectivity index (χ3v) is 4.56. The van der Waals surface area contributed by atoms with Crippen LogP contribution in [0.4, 0.5) is 5.69 Å². The van der Waals surface area contributed by atoms with E-state index >= 15 is 0 Å². The van der Waals surface area contributed by atoms with E-state index in [1.165, 1.54) is 25.3 Å². The number of nitrogens with two attached hydrogens (primary N) is 1. The maximum absolute atomic E-state index is 12.2. The molecule has 1 aromatic carbocycles. The van der Waals surface area contributed by atoms with Crippen LogP contribution in [0.15, 0.2) is 23.1 Å². The molecule has 1 aliphatic carbocycles. The highest BCUT2D eigenvalue weighted by Crippen LogP contribution is 2.25. The zero-order valence-corrected chi connectivity index (χ0v) is 12.6. The van der Waals surface area contributed by atoms with Gasteiger partial charge in [-0.2, -0.15) is 0 Å². The lowest BCUT2D eigenvalue weighted by Crippen LogP contribution is -2.31. The second-order valence-electron chi connectivity index (χ2n) is 4.90. The molecule has 0 spiro atoms. The summed E-state index contributed by atoms with van der Waals surface area (Å²) in [6.45, 7) is 0.0361. The molecule has 0 aromatic heterocycles. The van der Waals surface area contributed by atoms with Crippen LogP contribution in [-0.4, -0.2) is 34.0 Å². The molecule has 1 amide bonds. The SMILES string of the molecule is COc1cc(N)ccc1S(=O)(=O)NCCC(=O)NC1CC1. The molecule has 0 bridgehead atoms. The molecule has 8 heteroatoms. The Bertz CT molecular complexity index is 626. The normalized spacial score (nSPS) is 14.7. The van der Waals surface area contributed by atoms with Crippen LogP contribution in [0.25, 0.3) is 0 Å². The van der Waals surface area contributed by atoms with Gasteiger partial charge in [0.05, 0.1) is 7.11 Å². The largest absolute Gasteiger partial charge is 0.495 e. The van der Waals surface area contributed by atoms with Crippen LogP contribution >= 0.6 is 0 Å². The summed E-state index contributed by atoms with van der Waals surface area (Å²) in [6.07, 6.45) is 2.10. The summed E-state index contributed by atoms with van der Waals surface area (Å²) in [4.78, 5) is 11.5. The average Bonchev–Trinajstić information content (AvgIpc) is 3.21. The summed E-state index contributed by atoms with van der Waals surface area (Å²) in [5.74, 6) is 0.0226. The first kappa shape index (κ1) is 15.6. The van der Waals surface area contributed by atoms with E-state index in [0.717, 1.165) is 12.8 Å². The number of nitrogen functional groups attached to an aromatic ring is 1. The number of amides is 1. The molecular weight excluding hydrogens is 294 g/mol. The third kappa shape index (κ3) is 4.33. The number of rotatable bonds is 7. The lowest BCUT2D eigenvalue weighted by Gasteiger charge is -2.11. The van der Waals surface area contributed by atoms with E-state index in [2.05, 4.69) is 10.0 Å². The zero-order valence-electron chi connectivity index (χ0n) is 11.8. The molecular formula is C13H19N3O4S. The Morgan fingerprint density at radius 3 is 2.76 bits per heavy atom. The molecule has 4 N–H and O–H groups in total. The quantitative estimate of drug-likeness (QED) is 0.624. The van der Waals surface area contributed by atoms with Gasteiger partial charge in [0.2, 0.25) is 15.9 Å². The van der Waals surface area contributed by atoms with E-state index in [1.54, 1.807) is 0 Å². The highest BCUT2D eigenvalue weighted by atomic mass is 32.2. The lowest BCUT2D eigenvalue weighted by atomic mass is 10.3. The van der Waals surface area contributed by atoms with Crippen molar-refractivity contribution in [1.82, 2.24) is 10.0 Å². The minimum Gasteiger partial charge on any atom is -0.495 e. The fourth-order valence-electron chi connectivity index (χ4n) is 1.81. The Morgan fingerprint density at radius 1 is 1.43 bits per heavy atom. The van der Waals surface area contributed by atoms with Gasteiger partial charge in [-0.05, 0) is 25.0 Å². The number of nitrogens with one attached hydrogen (secondary N) is 2. The first-order valence-corrected chi connectivity index (χ1v) is 8.13. The van der Waals surface area contributed by atoms with Crippen molar-refractivity contribution in [3.8, 4) is 5.75 Å². The Kier molecular flexibility index (Phi) is 4.69. The summed E-state index contributed by atoms with van der Waals surface area (Å²) in [5, 5.41) is 2.79. The number of ether oxygens (including phenoxy) is 1. The Hall–Kier alpha value is -1.80. The summed E-state index contributed by atoms with van der Waals surface area (Å²) < 4.78 is 31.8. The Labute approximate surface area is 123 Å². The van der Waals surface area contributed by atoms with Crippen LogP contribution in [0.3, 0.4) is 0 Å². The maximum Gasteiger partial charge on any atom is 0.244 e. The van der Waals surface area contributed by atoms with Crippen molar-refractivity contribution in [2.45, 2.75) is 30.2 Å². The van der Waals surface area contributed by atoms with Gasteiger partial charge in [0.15, 0.2) is 0 Å². The summed E-state index contributed by atoms with van der Waals surface area (Å²) >= 11 is 0. The number of carbonyl (C=O) groups excluding carboxylic acids is 1. The monoisotopic (exact) mass is 313 g/mol. The number of hydrogen-bond donors (Lipinski definition) is 3. The van der Waals surface area contributed by atoms with Gasteiger partial charge >= 0.3 is 0 Å². The third-order valence-electron chi connectivity index (χ3n) is 3.06. The van der Waals surface area contributed by atoms with Gasteiger partial charge in [-0.25, -0.2) is 13.1 Å². The number of methoxy groups -OCH3 is 1. The van der Waals surface area contributed by atoms with E-state index in [0.29, 0.717) is 5.69 Å². The van der Waals surface area contributed by atoms with Gasteiger partial charge in [-0.15, -0.1) is 0 Å². The van der Waals surface area contributed by atoms with Gasteiger partial charge < -0.3 is 15.8 Å². The number of hydrogen-bond acceptors (Lipinski definition) is 5. The smallest absolute Gasteiger partial charge is 0.244 e. The number of benzene rings is 1. The average molecular weight is 313 g/mol. The molecule has 0 heterocycles. The topological polar surface area (TPSA) is 111 Å². The van der Waals surface area contributed by atoms with Crippen LogP contribution in [0, 0.1) is 0 Å². The van der Waals surface area contributed by atoms with Crippen LogP contribution in [-0.2, 0) is 14.8 Å². The van der Waals surface area contributed by atoms with Crippen LogP contribution < -0.4 is 20.5 Å². The molecule has 116 valence electrons. The minimum absolute atomic E-state index is 0.00167. The summed E-state index contributed by atoms with van der Waals surface area (Å²) in [7, 11) is -2.37. The zero-order chi connectivity index (χ0) is 15.5. The van der Waals surface area contributed by atoms with Crippen LogP contribution in [0.5, 0.6) is 5.75 Å². The van der Waals surface area contributed by atoms with Crippen LogP contribution in [0.1, 0.15) is 19.3 Å². The minimum atomic E-state index is -3.74. The highest BCUT2D eigenvalue weighted by Gasteiger charge is 2.24. The fourth-order valence-corrected chi connectivity index (χ4v) is 2.99. The van der Waals surface area contributed by atoms with E-state index in [4.69, 9.17) is 10.5 Å². The Morgan fingerprint density at radius 2 is 2.14 bits per heavy atom. The van der Waals surface area contributed by atoms with Crippen molar-refractivity contribution in [2.24, 2.45) is 0 Å². The molecule has 21 heavy (non-hydrogen) atoms. The van der Waals surface area contributed by atoms with Crippen molar-refractivity contribution < 1.29 is 17.9 Å². The molecule has 0 radical (unpaired) electrons. The number of sulfonamides is 1.